The monoisotopic (exact) mass is 279 g/mol. The van der Waals surface area contributed by atoms with Gasteiger partial charge >= 0.3 is 5.97 Å². The Kier molecular flexibility index (Phi) is 4.12. The highest BCUT2D eigenvalue weighted by Crippen LogP contribution is 2.21. The second-order valence-electron chi connectivity index (χ2n) is 4.13. The Hall–Kier alpha value is -1.94. The average Bonchev–Trinajstić information content (AvgIpc) is 2.37. The third-order valence-electron chi connectivity index (χ3n) is 2.73. The minimum absolute atomic E-state index is 0.258. The molecule has 3 nitrogen and oxygen atoms in total. The molecule has 0 saturated carbocycles. The number of benzene rings is 1. The first-order valence-electron chi connectivity index (χ1n) is 5.65. The minimum Gasteiger partial charge on any atom is -0.481 e. The fourth-order valence-electron chi connectivity index (χ4n) is 1.81. The zero-order valence-corrected chi connectivity index (χ0v) is 10.6. The van der Waals surface area contributed by atoms with E-state index in [4.69, 9.17) is 11.6 Å². The zero-order chi connectivity index (χ0) is 13.8. The SMILES string of the molecule is O=C(O)C(Cc1cccc(Cl)c1)c1ccc(F)cn1. The minimum atomic E-state index is -1.00. The van der Waals surface area contributed by atoms with Gasteiger partial charge in [0.15, 0.2) is 0 Å². The van der Waals surface area contributed by atoms with Gasteiger partial charge in [-0.15, -0.1) is 0 Å². The van der Waals surface area contributed by atoms with E-state index >= 15 is 0 Å². The van der Waals surface area contributed by atoms with Crippen LogP contribution in [-0.2, 0) is 11.2 Å². The number of hydrogen-bond donors (Lipinski definition) is 1. The van der Waals surface area contributed by atoms with E-state index in [-0.39, 0.29) is 6.42 Å². The van der Waals surface area contributed by atoms with E-state index in [1.54, 1.807) is 24.3 Å². The van der Waals surface area contributed by atoms with E-state index in [9.17, 15) is 14.3 Å². The van der Waals surface area contributed by atoms with E-state index in [1.165, 1.54) is 12.1 Å². The number of pyridine rings is 1. The number of rotatable bonds is 4. The van der Waals surface area contributed by atoms with Gasteiger partial charge in [0.05, 0.1) is 11.9 Å². The number of aromatic nitrogens is 1. The van der Waals surface area contributed by atoms with Gasteiger partial charge in [-0.1, -0.05) is 23.7 Å². The highest BCUT2D eigenvalue weighted by atomic mass is 35.5. The predicted molar refractivity (Wildman–Crippen MR) is 69.7 cm³/mol. The molecule has 0 amide bonds. The summed E-state index contributed by atoms with van der Waals surface area (Å²) in [6.45, 7) is 0. The van der Waals surface area contributed by atoms with Gasteiger partial charge in [0.1, 0.15) is 11.7 Å². The van der Waals surface area contributed by atoms with Gasteiger partial charge in [-0.2, -0.15) is 0 Å². The maximum Gasteiger partial charge on any atom is 0.312 e. The van der Waals surface area contributed by atoms with Crippen molar-refractivity contribution in [3.8, 4) is 0 Å². The third-order valence-corrected chi connectivity index (χ3v) is 2.97. The fraction of sp³-hybridized carbons (Fsp3) is 0.143. The first-order chi connectivity index (χ1) is 9.06. The van der Waals surface area contributed by atoms with E-state index in [2.05, 4.69) is 4.98 Å². The first-order valence-corrected chi connectivity index (χ1v) is 6.03. The Morgan fingerprint density at radius 2 is 2.16 bits per heavy atom. The molecule has 2 aromatic rings. The molecule has 0 aliphatic heterocycles. The average molecular weight is 280 g/mol. The van der Waals surface area contributed by atoms with E-state index in [0.717, 1.165) is 11.8 Å². The van der Waals surface area contributed by atoms with Crippen LogP contribution in [0.15, 0.2) is 42.6 Å². The summed E-state index contributed by atoms with van der Waals surface area (Å²) in [5, 5.41) is 9.81. The number of carboxylic acid groups (broad SMARTS) is 1. The number of carboxylic acids is 1. The highest BCUT2D eigenvalue weighted by Gasteiger charge is 2.21. The lowest BCUT2D eigenvalue weighted by Crippen LogP contribution is -2.15. The lowest BCUT2D eigenvalue weighted by Gasteiger charge is -2.12. The topological polar surface area (TPSA) is 50.2 Å². The van der Waals surface area contributed by atoms with Gasteiger partial charge in [-0.25, -0.2) is 4.39 Å². The van der Waals surface area contributed by atoms with Crippen molar-refractivity contribution in [3.63, 3.8) is 0 Å². The molecule has 0 aliphatic carbocycles. The van der Waals surface area contributed by atoms with Crippen molar-refractivity contribution in [2.75, 3.05) is 0 Å². The summed E-state index contributed by atoms with van der Waals surface area (Å²) in [6, 6.07) is 9.58. The van der Waals surface area contributed by atoms with Crippen molar-refractivity contribution in [1.82, 2.24) is 4.98 Å². The lowest BCUT2D eigenvalue weighted by molar-refractivity contribution is -0.138. The molecule has 0 bridgehead atoms. The van der Waals surface area contributed by atoms with Crippen LogP contribution < -0.4 is 0 Å². The molecule has 0 fully saturated rings. The van der Waals surface area contributed by atoms with Crippen LogP contribution >= 0.6 is 11.6 Å². The quantitative estimate of drug-likeness (QED) is 0.934. The number of halogens is 2. The maximum absolute atomic E-state index is 12.8. The van der Waals surface area contributed by atoms with Crippen molar-refractivity contribution in [2.45, 2.75) is 12.3 Å². The van der Waals surface area contributed by atoms with Crippen molar-refractivity contribution >= 4 is 17.6 Å². The normalized spacial score (nSPS) is 12.1. The number of nitrogens with zero attached hydrogens (tertiary/aromatic N) is 1. The molecule has 0 aliphatic rings. The number of aliphatic carboxylic acids is 1. The van der Waals surface area contributed by atoms with Crippen LogP contribution in [-0.4, -0.2) is 16.1 Å². The Bertz CT molecular complexity index is 586. The molecule has 1 heterocycles. The molecule has 1 aromatic carbocycles. The van der Waals surface area contributed by atoms with Crippen LogP contribution in [0, 0.1) is 5.82 Å². The number of hydrogen-bond acceptors (Lipinski definition) is 2. The van der Waals surface area contributed by atoms with Crippen LogP contribution in [0.1, 0.15) is 17.2 Å². The summed E-state index contributed by atoms with van der Waals surface area (Å²) < 4.78 is 12.8. The predicted octanol–water partition coefficient (Wildman–Crippen LogP) is 3.29. The summed E-state index contributed by atoms with van der Waals surface area (Å²) in [5.41, 5.74) is 1.12. The molecule has 19 heavy (non-hydrogen) atoms. The van der Waals surface area contributed by atoms with Crippen LogP contribution in [0.3, 0.4) is 0 Å². The Labute approximate surface area is 114 Å². The fourth-order valence-corrected chi connectivity index (χ4v) is 2.02. The van der Waals surface area contributed by atoms with Crippen LogP contribution in [0.4, 0.5) is 4.39 Å². The summed E-state index contributed by atoms with van der Waals surface area (Å²) in [4.78, 5) is 15.1. The molecule has 98 valence electrons. The van der Waals surface area contributed by atoms with Gasteiger partial charge in [0.25, 0.3) is 0 Å². The smallest absolute Gasteiger partial charge is 0.312 e. The van der Waals surface area contributed by atoms with Crippen LogP contribution in [0.5, 0.6) is 0 Å². The Morgan fingerprint density at radius 3 is 2.74 bits per heavy atom. The summed E-state index contributed by atoms with van der Waals surface area (Å²) in [7, 11) is 0. The Morgan fingerprint density at radius 1 is 1.37 bits per heavy atom. The molecule has 1 aromatic heterocycles. The van der Waals surface area contributed by atoms with Crippen molar-refractivity contribution in [3.05, 3.63) is 64.7 Å². The molecule has 1 atom stereocenters. The molecular weight excluding hydrogens is 269 g/mol. The maximum atomic E-state index is 12.8. The third kappa shape index (κ3) is 3.51. The van der Waals surface area contributed by atoms with Crippen LogP contribution in [0.2, 0.25) is 5.02 Å². The highest BCUT2D eigenvalue weighted by molar-refractivity contribution is 6.30. The van der Waals surface area contributed by atoms with Gasteiger partial charge in [-0.05, 0) is 36.2 Å². The largest absolute Gasteiger partial charge is 0.481 e. The molecule has 0 saturated heterocycles. The second-order valence-corrected chi connectivity index (χ2v) is 4.56. The van der Waals surface area contributed by atoms with Gasteiger partial charge in [0, 0.05) is 5.02 Å². The molecule has 0 spiro atoms. The van der Waals surface area contributed by atoms with E-state index < -0.39 is 17.7 Å². The van der Waals surface area contributed by atoms with Crippen LogP contribution in [0.25, 0.3) is 0 Å². The standard InChI is InChI=1S/C14H11ClFNO2/c15-10-3-1-2-9(6-10)7-12(14(18)19)13-5-4-11(16)8-17-13/h1-6,8,12H,7H2,(H,18,19). The van der Waals surface area contributed by atoms with Crippen molar-refractivity contribution in [1.29, 1.82) is 0 Å². The van der Waals surface area contributed by atoms with E-state index in [0.29, 0.717) is 10.7 Å². The van der Waals surface area contributed by atoms with Gasteiger partial charge in [-0.3, -0.25) is 9.78 Å². The molecule has 0 radical (unpaired) electrons. The number of carbonyl (C=O) groups is 1. The summed E-state index contributed by atoms with van der Waals surface area (Å²) in [6.07, 6.45) is 1.28. The molecule has 5 heteroatoms. The van der Waals surface area contributed by atoms with Gasteiger partial charge in [0.2, 0.25) is 0 Å². The molecule has 1 N–H and O–H groups in total. The molecule has 2 rings (SSSR count). The van der Waals surface area contributed by atoms with Gasteiger partial charge < -0.3 is 5.11 Å². The van der Waals surface area contributed by atoms with Crippen molar-refractivity contribution < 1.29 is 14.3 Å². The molecular formula is C14H11ClFNO2. The Balaban J connectivity index is 2.26. The second kappa shape index (κ2) is 5.80. The summed E-state index contributed by atoms with van der Waals surface area (Å²) >= 11 is 5.86. The lowest BCUT2D eigenvalue weighted by atomic mass is 9.96. The molecule has 1 unspecified atom stereocenters. The summed E-state index contributed by atoms with van der Waals surface area (Å²) in [5.74, 6) is -2.31. The van der Waals surface area contributed by atoms with E-state index in [1.807, 2.05) is 0 Å². The first kappa shape index (κ1) is 13.5. The zero-order valence-electron chi connectivity index (χ0n) is 9.88. The van der Waals surface area contributed by atoms with Crippen molar-refractivity contribution in [2.24, 2.45) is 0 Å².